The van der Waals surface area contributed by atoms with E-state index in [9.17, 15) is 18.0 Å². The highest BCUT2D eigenvalue weighted by molar-refractivity contribution is 6.30. The van der Waals surface area contributed by atoms with E-state index in [0.29, 0.717) is 34.9 Å². The maximum Gasteiger partial charge on any atom is 0.417 e. The lowest BCUT2D eigenvalue weighted by molar-refractivity contribution is -0.137. The third-order valence-electron chi connectivity index (χ3n) is 3.60. The molecule has 1 N–H and O–H groups in total. The number of nitrogens with one attached hydrogen (secondary N) is 1. The highest BCUT2D eigenvalue weighted by Gasteiger charge is 2.30. The minimum Gasteiger partial charge on any atom is -0.352 e. The van der Waals surface area contributed by atoms with Crippen LogP contribution < -0.4 is 5.32 Å². The van der Waals surface area contributed by atoms with Crippen LogP contribution in [0, 0.1) is 0 Å². The molecule has 3 aromatic rings. The van der Waals surface area contributed by atoms with Gasteiger partial charge in [0.15, 0.2) is 0 Å². The molecule has 0 aliphatic carbocycles. The summed E-state index contributed by atoms with van der Waals surface area (Å²) >= 11 is 5.77. The number of benzene rings is 1. The highest BCUT2D eigenvalue weighted by Crippen LogP contribution is 2.29. The van der Waals surface area contributed by atoms with E-state index in [4.69, 9.17) is 11.6 Å². The second-order valence-electron chi connectivity index (χ2n) is 5.43. The summed E-state index contributed by atoms with van der Waals surface area (Å²) in [5, 5.41) is 3.28. The number of hydrogen-bond donors (Lipinski definition) is 1. The Kier molecular flexibility index (Phi) is 4.67. The SMILES string of the molecule is O=C(NCCc1cn2cc(C(F)(F)F)ccc2n1)c1ccc(Cl)cc1. The van der Waals surface area contributed by atoms with E-state index >= 15 is 0 Å². The first kappa shape index (κ1) is 17.3. The Morgan fingerprint density at radius 1 is 1.12 bits per heavy atom. The number of pyridine rings is 1. The number of imidazole rings is 1. The number of alkyl halides is 3. The zero-order valence-corrected chi connectivity index (χ0v) is 13.6. The van der Waals surface area contributed by atoms with Crippen LogP contribution in [0.4, 0.5) is 13.2 Å². The molecular formula is C17H13ClF3N3O. The molecule has 4 nitrogen and oxygen atoms in total. The van der Waals surface area contributed by atoms with Gasteiger partial charge in [-0.2, -0.15) is 13.2 Å². The van der Waals surface area contributed by atoms with Gasteiger partial charge in [0.25, 0.3) is 5.91 Å². The van der Waals surface area contributed by atoms with Crippen molar-refractivity contribution in [2.75, 3.05) is 6.54 Å². The van der Waals surface area contributed by atoms with Crippen LogP contribution in [0.1, 0.15) is 21.6 Å². The molecule has 2 heterocycles. The maximum atomic E-state index is 12.7. The molecule has 0 aliphatic rings. The molecule has 0 spiro atoms. The van der Waals surface area contributed by atoms with Crippen LogP contribution in [0.15, 0.2) is 48.8 Å². The zero-order valence-electron chi connectivity index (χ0n) is 12.8. The Bertz CT molecular complexity index is 904. The number of carbonyl (C=O) groups is 1. The summed E-state index contributed by atoms with van der Waals surface area (Å²) in [6.07, 6.45) is -1.47. The summed E-state index contributed by atoms with van der Waals surface area (Å²) in [6.45, 7) is 0.317. The van der Waals surface area contributed by atoms with Crippen LogP contribution in [0.5, 0.6) is 0 Å². The van der Waals surface area contributed by atoms with E-state index in [1.165, 1.54) is 16.7 Å². The number of fused-ring (bicyclic) bond motifs is 1. The fraction of sp³-hybridized carbons (Fsp3) is 0.176. The van der Waals surface area contributed by atoms with Gasteiger partial charge in [0.05, 0.1) is 11.3 Å². The molecule has 0 fully saturated rings. The molecule has 0 aliphatic heterocycles. The average Bonchev–Trinajstić information content (AvgIpc) is 2.96. The van der Waals surface area contributed by atoms with Gasteiger partial charge in [0.2, 0.25) is 0 Å². The Balaban J connectivity index is 1.63. The Labute approximate surface area is 146 Å². The molecule has 0 radical (unpaired) electrons. The van der Waals surface area contributed by atoms with Gasteiger partial charge >= 0.3 is 6.18 Å². The van der Waals surface area contributed by atoms with E-state index in [1.807, 2.05) is 0 Å². The second kappa shape index (κ2) is 6.76. The van der Waals surface area contributed by atoms with Gasteiger partial charge in [-0.05, 0) is 36.4 Å². The molecular weight excluding hydrogens is 355 g/mol. The quantitative estimate of drug-likeness (QED) is 0.758. The smallest absolute Gasteiger partial charge is 0.352 e. The number of hydrogen-bond acceptors (Lipinski definition) is 2. The maximum absolute atomic E-state index is 12.7. The van der Waals surface area contributed by atoms with Crippen molar-refractivity contribution in [2.24, 2.45) is 0 Å². The number of halogens is 4. The minimum absolute atomic E-state index is 0.250. The lowest BCUT2D eigenvalue weighted by Gasteiger charge is -2.05. The van der Waals surface area contributed by atoms with Gasteiger partial charge in [-0.25, -0.2) is 4.98 Å². The number of amides is 1. The van der Waals surface area contributed by atoms with Crippen molar-refractivity contribution in [3.8, 4) is 0 Å². The molecule has 1 aromatic carbocycles. The molecule has 0 unspecified atom stereocenters. The van der Waals surface area contributed by atoms with Crippen LogP contribution in [0.2, 0.25) is 5.02 Å². The lowest BCUT2D eigenvalue weighted by Crippen LogP contribution is -2.25. The number of carbonyl (C=O) groups excluding carboxylic acids is 1. The second-order valence-corrected chi connectivity index (χ2v) is 5.86. The summed E-state index contributed by atoms with van der Waals surface area (Å²) < 4.78 is 39.5. The molecule has 1 amide bonds. The highest BCUT2D eigenvalue weighted by atomic mass is 35.5. The summed E-state index contributed by atoms with van der Waals surface area (Å²) in [6, 6.07) is 8.78. The average molecular weight is 368 g/mol. The molecule has 130 valence electrons. The normalized spacial score (nSPS) is 11.7. The number of rotatable bonds is 4. The third-order valence-corrected chi connectivity index (χ3v) is 3.85. The molecule has 0 saturated carbocycles. The fourth-order valence-electron chi connectivity index (χ4n) is 2.34. The van der Waals surface area contributed by atoms with Crippen molar-refractivity contribution in [1.29, 1.82) is 0 Å². The van der Waals surface area contributed by atoms with Crippen molar-refractivity contribution in [1.82, 2.24) is 14.7 Å². The molecule has 25 heavy (non-hydrogen) atoms. The van der Waals surface area contributed by atoms with Crippen molar-refractivity contribution in [3.63, 3.8) is 0 Å². The monoisotopic (exact) mass is 367 g/mol. The molecule has 2 aromatic heterocycles. The first-order valence-electron chi connectivity index (χ1n) is 7.41. The van der Waals surface area contributed by atoms with Gasteiger partial charge < -0.3 is 9.72 Å². The van der Waals surface area contributed by atoms with Gasteiger partial charge in [-0.3, -0.25) is 4.79 Å². The summed E-state index contributed by atoms with van der Waals surface area (Å²) in [4.78, 5) is 16.2. The van der Waals surface area contributed by atoms with Gasteiger partial charge in [-0.15, -0.1) is 0 Å². The molecule has 0 atom stereocenters. The van der Waals surface area contributed by atoms with Crippen LogP contribution in [0.3, 0.4) is 0 Å². The van der Waals surface area contributed by atoms with Crippen LogP contribution in [-0.2, 0) is 12.6 Å². The van der Waals surface area contributed by atoms with E-state index < -0.39 is 11.7 Å². The van der Waals surface area contributed by atoms with Crippen LogP contribution in [0.25, 0.3) is 5.65 Å². The predicted octanol–water partition coefficient (Wildman–Crippen LogP) is 3.98. The Morgan fingerprint density at radius 2 is 1.84 bits per heavy atom. The van der Waals surface area contributed by atoms with E-state index in [0.717, 1.165) is 12.3 Å². The summed E-state index contributed by atoms with van der Waals surface area (Å²) in [7, 11) is 0. The van der Waals surface area contributed by atoms with Crippen molar-refractivity contribution in [3.05, 3.63) is 70.6 Å². The Hall–Kier alpha value is -2.54. The molecule has 0 saturated heterocycles. The fourth-order valence-corrected chi connectivity index (χ4v) is 2.47. The Morgan fingerprint density at radius 3 is 2.52 bits per heavy atom. The van der Waals surface area contributed by atoms with Crippen molar-refractivity contribution >= 4 is 23.2 Å². The van der Waals surface area contributed by atoms with E-state index in [2.05, 4.69) is 10.3 Å². The predicted molar refractivity (Wildman–Crippen MR) is 87.7 cm³/mol. The lowest BCUT2D eigenvalue weighted by atomic mass is 10.2. The van der Waals surface area contributed by atoms with E-state index in [-0.39, 0.29) is 5.91 Å². The zero-order chi connectivity index (χ0) is 18.0. The van der Waals surface area contributed by atoms with Gasteiger partial charge in [0, 0.05) is 35.9 Å². The largest absolute Gasteiger partial charge is 0.417 e. The number of aromatic nitrogens is 2. The number of nitrogens with zero attached hydrogens (tertiary/aromatic N) is 2. The topological polar surface area (TPSA) is 46.4 Å². The first-order chi connectivity index (χ1) is 11.8. The summed E-state index contributed by atoms with van der Waals surface area (Å²) in [5.74, 6) is -0.250. The van der Waals surface area contributed by atoms with E-state index in [1.54, 1.807) is 24.3 Å². The summed E-state index contributed by atoms with van der Waals surface area (Å²) in [5.41, 5.74) is 0.761. The molecule has 0 bridgehead atoms. The van der Waals surface area contributed by atoms with Gasteiger partial charge in [0.1, 0.15) is 5.65 Å². The van der Waals surface area contributed by atoms with Crippen molar-refractivity contribution in [2.45, 2.75) is 12.6 Å². The third kappa shape index (κ3) is 4.11. The molecule has 3 rings (SSSR count). The minimum atomic E-state index is -4.40. The standard InChI is InChI=1S/C17H13ClF3N3O/c18-13-4-1-11(2-5-13)16(25)22-8-7-14-10-24-9-12(17(19,20)21)3-6-15(24)23-14/h1-6,9-10H,7-8H2,(H,22,25). The van der Waals surface area contributed by atoms with Gasteiger partial charge in [-0.1, -0.05) is 11.6 Å². The van der Waals surface area contributed by atoms with Crippen molar-refractivity contribution < 1.29 is 18.0 Å². The van der Waals surface area contributed by atoms with Crippen LogP contribution >= 0.6 is 11.6 Å². The van der Waals surface area contributed by atoms with Crippen LogP contribution in [-0.4, -0.2) is 21.8 Å². The molecule has 8 heteroatoms. The first-order valence-corrected chi connectivity index (χ1v) is 7.79.